The first-order valence-corrected chi connectivity index (χ1v) is 4.60. The van der Waals surface area contributed by atoms with Gasteiger partial charge in [0.2, 0.25) is 0 Å². The van der Waals surface area contributed by atoms with Gasteiger partial charge in [-0.1, -0.05) is 0 Å². The summed E-state index contributed by atoms with van der Waals surface area (Å²) in [6.45, 7) is 0.942. The number of hydrogen-bond acceptors (Lipinski definition) is 4. The molecule has 2 rings (SSSR count). The fourth-order valence-corrected chi connectivity index (χ4v) is 1.88. The van der Waals surface area contributed by atoms with Gasteiger partial charge in [0.25, 0.3) is 0 Å². The highest BCUT2D eigenvalue weighted by atomic mass is 16.5. The van der Waals surface area contributed by atoms with Crippen molar-refractivity contribution >= 4 is 0 Å². The molecule has 0 aromatic heterocycles. The molecule has 72 valence electrons. The molecule has 1 N–H and O–H groups in total. The third-order valence-corrected chi connectivity index (χ3v) is 3.13. The number of rotatable bonds is 2. The number of nitrogens with zero attached hydrogens (tertiary/aromatic N) is 2. The van der Waals surface area contributed by atoms with Crippen molar-refractivity contribution in [3.63, 3.8) is 0 Å². The van der Waals surface area contributed by atoms with Crippen LogP contribution in [0, 0.1) is 11.3 Å². The van der Waals surface area contributed by atoms with Gasteiger partial charge in [0.05, 0.1) is 31.4 Å². The summed E-state index contributed by atoms with van der Waals surface area (Å²) in [5, 5.41) is 18.5. The first kappa shape index (κ1) is 8.95. The van der Waals surface area contributed by atoms with E-state index in [2.05, 4.69) is 6.07 Å². The van der Waals surface area contributed by atoms with Crippen LogP contribution in [-0.4, -0.2) is 48.0 Å². The van der Waals surface area contributed by atoms with Crippen molar-refractivity contribution in [2.24, 2.45) is 0 Å². The van der Waals surface area contributed by atoms with Crippen LogP contribution in [0.1, 0.15) is 12.8 Å². The van der Waals surface area contributed by atoms with E-state index in [9.17, 15) is 5.11 Å². The van der Waals surface area contributed by atoms with Crippen LogP contribution in [0.2, 0.25) is 0 Å². The van der Waals surface area contributed by atoms with Gasteiger partial charge in [-0.3, -0.25) is 4.90 Å². The third kappa shape index (κ3) is 1.33. The van der Waals surface area contributed by atoms with Crippen LogP contribution < -0.4 is 0 Å². The first-order valence-electron chi connectivity index (χ1n) is 4.60. The number of nitriles is 1. The molecule has 1 heterocycles. The molecule has 2 aliphatic rings. The van der Waals surface area contributed by atoms with Gasteiger partial charge in [-0.15, -0.1) is 0 Å². The molecular formula is C9H14N2O2. The van der Waals surface area contributed by atoms with Crippen LogP contribution in [0.15, 0.2) is 0 Å². The monoisotopic (exact) mass is 182 g/mol. The lowest BCUT2D eigenvalue weighted by atomic mass is 10.1. The van der Waals surface area contributed by atoms with Gasteiger partial charge in [0, 0.05) is 0 Å². The van der Waals surface area contributed by atoms with Crippen molar-refractivity contribution in [1.29, 1.82) is 5.26 Å². The lowest BCUT2D eigenvalue weighted by Crippen LogP contribution is -2.47. The SMILES string of the molecule is CN(C1COCC1O)C1(C#N)CC1. The summed E-state index contributed by atoms with van der Waals surface area (Å²) in [5.74, 6) is 0. The summed E-state index contributed by atoms with van der Waals surface area (Å²) < 4.78 is 5.16. The highest BCUT2D eigenvalue weighted by Gasteiger charge is 2.51. The number of aliphatic hydroxyl groups is 1. The van der Waals surface area contributed by atoms with E-state index < -0.39 is 6.10 Å². The minimum absolute atomic E-state index is 0.00199. The first-order chi connectivity index (χ1) is 6.19. The molecule has 1 aliphatic heterocycles. The maximum absolute atomic E-state index is 9.57. The molecular weight excluding hydrogens is 168 g/mol. The van der Waals surface area contributed by atoms with Crippen molar-refractivity contribution < 1.29 is 9.84 Å². The Hall–Kier alpha value is -0.630. The summed E-state index contributed by atoms with van der Waals surface area (Å²) >= 11 is 0. The van der Waals surface area contributed by atoms with Gasteiger partial charge in [-0.25, -0.2) is 0 Å². The van der Waals surface area contributed by atoms with Crippen LogP contribution in [-0.2, 0) is 4.74 Å². The summed E-state index contributed by atoms with van der Waals surface area (Å²) in [6.07, 6.45) is 1.41. The van der Waals surface area contributed by atoms with Gasteiger partial charge in [0.15, 0.2) is 0 Å². The smallest absolute Gasteiger partial charge is 0.109 e. The molecule has 2 atom stereocenters. The number of hydrogen-bond donors (Lipinski definition) is 1. The summed E-state index contributed by atoms with van der Waals surface area (Å²) in [7, 11) is 1.90. The molecule has 0 aromatic rings. The standard InChI is InChI=1S/C9H14N2O2/c1-11(9(6-10)2-3-9)7-4-13-5-8(7)12/h7-8,12H,2-5H2,1H3. The zero-order chi connectivity index (χ0) is 9.47. The van der Waals surface area contributed by atoms with E-state index in [-0.39, 0.29) is 11.6 Å². The summed E-state index contributed by atoms with van der Waals surface area (Å²) in [6, 6.07) is 2.31. The van der Waals surface area contributed by atoms with Crippen LogP contribution in [0.4, 0.5) is 0 Å². The Morgan fingerprint density at radius 3 is 2.62 bits per heavy atom. The van der Waals surface area contributed by atoms with Gasteiger partial charge in [-0.05, 0) is 19.9 Å². The fraction of sp³-hybridized carbons (Fsp3) is 0.889. The molecule has 13 heavy (non-hydrogen) atoms. The second kappa shape index (κ2) is 2.95. The molecule has 0 bridgehead atoms. The summed E-state index contributed by atoms with van der Waals surface area (Å²) in [5.41, 5.74) is -0.306. The average Bonchev–Trinajstić information content (AvgIpc) is 2.83. The second-order valence-corrected chi connectivity index (χ2v) is 3.93. The van der Waals surface area contributed by atoms with E-state index in [1.54, 1.807) is 0 Å². The van der Waals surface area contributed by atoms with E-state index in [1.165, 1.54) is 0 Å². The molecule has 4 heteroatoms. The minimum Gasteiger partial charge on any atom is -0.389 e. The van der Waals surface area contributed by atoms with Crippen molar-refractivity contribution in [3.8, 4) is 6.07 Å². The Morgan fingerprint density at radius 2 is 2.23 bits per heavy atom. The predicted octanol–water partition coefficient (Wildman–Crippen LogP) is -0.266. The Labute approximate surface area is 77.7 Å². The van der Waals surface area contributed by atoms with Gasteiger partial charge >= 0.3 is 0 Å². The highest BCUT2D eigenvalue weighted by Crippen LogP contribution is 2.42. The Morgan fingerprint density at radius 1 is 1.54 bits per heavy atom. The van der Waals surface area contributed by atoms with Gasteiger partial charge < -0.3 is 9.84 Å². The van der Waals surface area contributed by atoms with Crippen molar-refractivity contribution in [3.05, 3.63) is 0 Å². The zero-order valence-corrected chi connectivity index (χ0v) is 7.73. The molecule has 0 spiro atoms. The fourth-order valence-electron chi connectivity index (χ4n) is 1.88. The average molecular weight is 182 g/mol. The largest absolute Gasteiger partial charge is 0.389 e. The summed E-state index contributed by atoms with van der Waals surface area (Å²) in [4.78, 5) is 1.98. The lowest BCUT2D eigenvalue weighted by molar-refractivity contribution is 0.0792. The molecule has 0 amide bonds. The Bertz CT molecular complexity index is 244. The normalized spacial score (nSPS) is 36.2. The van der Waals surface area contributed by atoms with Gasteiger partial charge in [0.1, 0.15) is 5.54 Å². The quantitative estimate of drug-likeness (QED) is 0.639. The number of aliphatic hydroxyl groups excluding tert-OH is 1. The minimum atomic E-state index is -0.434. The van der Waals surface area contributed by atoms with Crippen molar-refractivity contribution in [1.82, 2.24) is 4.90 Å². The van der Waals surface area contributed by atoms with E-state index >= 15 is 0 Å². The molecule has 1 saturated heterocycles. The van der Waals surface area contributed by atoms with E-state index in [0.29, 0.717) is 13.2 Å². The number of ether oxygens (including phenoxy) is 1. The van der Waals surface area contributed by atoms with E-state index in [4.69, 9.17) is 10.00 Å². The Balaban J connectivity index is 2.05. The maximum atomic E-state index is 9.57. The molecule has 1 saturated carbocycles. The molecule has 2 fully saturated rings. The second-order valence-electron chi connectivity index (χ2n) is 3.93. The Kier molecular flexibility index (Phi) is 2.03. The zero-order valence-electron chi connectivity index (χ0n) is 7.73. The highest BCUT2D eigenvalue weighted by molar-refractivity contribution is 5.20. The molecule has 0 aromatic carbocycles. The van der Waals surface area contributed by atoms with E-state index in [0.717, 1.165) is 12.8 Å². The maximum Gasteiger partial charge on any atom is 0.109 e. The molecule has 0 radical (unpaired) electrons. The van der Waals surface area contributed by atoms with Crippen LogP contribution in [0.3, 0.4) is 0 Å². The topological polar surface area (TPSA) is 56.5 Å². The third-order valence-electron chi connectivity index (χ3n) is 3.13. The molecule has 4 nitrogen and oxygen atoms in total. The van der Waals surface area contributed by atoms with Crippen molar-refractivity contribution in [2.45, 2.75) is 30.5 Å². The number of likely N-dealkylation sites (N-methyl/N-ethyl adjacent to an activating group) is 1. The van der Waals surface area contributed by atoms with Crippen LogP contribution in [0.5, 0.6) is 0 Å². The van der Waals surface area contributed by atoms with Gasteiger partial charge in [-0.2, -0.15) is 5.26 Å². The van der Waals surface area contributed by atoms with Crippen LogP contribution in [0.25, 0.3) is 0 Å². The molecule has 1 aliphatic carbocycles. The molecule has 2 unspecified atom stereocenters. The van der Waals surface area contributed by atoms with Crippen LogP contribution >= 0.6 is 0 Å². The van der Waals surface area contributed by atoms with E-state index in [1.807, 2.05) is 11.9 Å². The lowest BCUT2D eigenvalue weighted by Gasteiger charge is -2.29. The van der Waals surface area contributed by atoms with Crippen molar-refractivity contribution in [2.75, 3.05) is 20.3 Å². The predicted molar refractivity (Wildman–Crippen MR) is 46.0 cm³/mol.